The monoisotopic (exact) mass is 748 g/mol. The van der Waals surface area contributed by atoms with Crippen molar-refractivity contribution < 1.29 is 32.1 Å². The summed E-state index contributed by atoms with van der Waals surface area (Å²) in [5.41, 5.74) is 3.75. The largest absolute Gasteiger partial charge is 0.474 e. The van der Waals surface area contributed by atoms with Crippen molar-refractivity contribution in [3.05, 3.63) is 95.6 Å². The van der Waals surface area contributed by atoms with Crippen LogP contribution >= 0.6 is 7.82 Å². The van der Waals surface area contributed by atoms with Crippen molar-refractivity contribution in [1.82, 2.24) is 24.9 Å². The number of urea groups is 1. The van der Waals surface area contributed by atoms with E-state index in [0.717, 1.165) is 53.5 Å². The van der Waals surface area contributed by atoms with Crippen molar-refractivity contribution in [3.8, 4) is 17.2 Å². The molecular weight excluding hydrogens is 698 g/mol. The summed E-state index contributed by atoms with van der Waals surface area (Å²) in [6.45, 7) is 13.2. The van der Waals surface area contributed by atoms with E-state index in [4.69, 9.17) is 23.4 Å². The zero-order valence-corrected chi connectivity index (χ0v) is 32.3. The molecule has 2 heterocycles. The molecule has 12 nitrogen and oxygen atoms in total. The molecule has 2 aromatic heterocycles. The van der Waals surface area contributed by atoms with E-state index in [-0.39, 0.29) is 18.6 Å². The number of halogens is 1. The van der Waals surface area contributed by atoms with Crippen molar-refractivity contribution in [1.29, 1.82) is 0 Å². The van der Waals surface area contributed by atoms with Crippen LogP contribution in [0.1, 0.15) is 77.1 Å². The first-order valence-corrected chi connectivity index (χ1v) is 19.5. The first-order chi connectivity index (χ1) is 25.4. The summed E-state index contributed by atoms with van der Waals surface area (Å²) in [6, 6.07) is 18.8. The third-order valence-corrected chi connectivity index (χ3v) is 9.84. The van der Waals surface area contributed by atoms with Gasteiger partial charge in [-0.05, 0) is 68.3 Å². The molecule has 53 heavy (non-hydrogen) atoms. The van der Waals surface area contributed by atoms with Crippen LogP contribution in [0.5, 0.6) is 11.5 Å². The molecule has 0 bridgehead atoms. The Balaban J connectivity index is 1.23. The Labute approximate surface area is 310 Å². The van der Waals surface area contributed by atoms with E-state index in [1.807, 2.05) is 63.2 Å². The number of phosphoric acid groups is 1. The van der Waals surface area contributed by atoms with E-state index >= 15 is 0 Å². The maximum atomic E-state index is 14.4. The third kappa shape index (κ3) is 11.0. The Morgan fingerprint density at radius 2 is 1.60 bits per heavy atom. The molecule has 3 aromatic carbocycles. The van der Waals surface area contributed by atoms with E-state index in [0.29, 0.717) is 42.6 Å². The van der Waals surface area contributed by atoms with Crippen LogP contribution in [-0.4, -0.2) is 45.4 Å². The smallest absolute Gasteiger partial charge is 0.457 e. The number of rotatable bonds is 18. The second kappa shape index (κ2) is 18.0. The SMILES string of the molecule is CCCCOP(=O)(OCCCC)OCCn1ncc2cc(Oc3ccc(F)cc3CNC(=O)Nc3cc(C(C)(C)C)nn3-c3ccc(C)cc3)ccc21. The number of nitrogens with one attached hydrogen (secondary N) is 2. The lowest BCUT2D eigenvalue weighted by Crippen LogP contribution is -2.29. The van der Waals surface area contributed by atoms with Crippen molar-refractivity contribution in [2.45, 2.75) is 85.7 Å². The molecule has 0 aliphatic rings. The number of carbonyl (C=O) groups is 1. The Bertz CT molecular complexity index is 2010. The molecule has 5 aromatic rings. The van der Waals surface area contributed by atoms with Gasteiger partial charge in [-0.3, -0.25) is 23.6 Å². The van der Waals surface area contributed by atoms with Crippen LogP contribution in [0, 0.1) is 12.7 Å². The molecule has 2 N–H and O–H groups in total. The van der Waals surface area contributed by atoms with Crippen molar-refractivity contribution in [2.75, 3.05) is 25.1 Å². The quantitative estimate of drug-likeness (QED) is 0.0669. The van der Waals surface area contributed by atoms with E-state index in [9.17, 15) is 13.8 Å². The number of hydrogen-bond donors (Lipinski definition) is 2. The molecule has 0 fully saturated rings. The zero-order chi connectivity index (χ0) is 38.0. The first kappa shape index (κ1) is 39.7. The average Bonchev–Trinajstić information content (AvgIpc) is 3.73. The standard InChI is InChI=1S/C39H50FN6O6P/c1-7-9-20-49-53(48,50-21-10-8-2)51-22-19-45-34-17-16-33(24-29(34)27-42-45)52-35-18-13-31(40)23-30(35)26-41-38(47)43-37-25-36(39(4,5)6)44-46(37)32-14-11-28(3)12-15-32/h11-18,23-25,27H,7-10,19-22,26H2,1-6H3,(H2,41,43,47). The number of anilines is 1. The van der Waals surface area contributed by atoms with E-state index < -0.39 is 19.7 Å². The number of fused-ring (bicyclic) bond motifs is 1. The van der Waals surface area contributed by atoms with Crippen LogP contribution < -0.4 is 15.4 Å². The van der Waals surface area contributed by atoms with E-state index in [1.54, 1.807) is 21.6 Å². The van der Waals surface area contributed by atoms with Gasteiger partial charge >= 0.3 is 13.9 Å². The molecule has 0 atom stereocenters. The van der Waals surface area contributed by atoms with Gasteiger partial charge in [-0.25, -0.2) is 18.4 Å². The molecule has 0 aliphatic heterocycles. The molecule has 0 saturated carbocycles. The van der Waals surface area contributed by atoms with Crippen molar-refractivity contribution >= 4 is 30.6 Å². The van der Waals surface area contributed by atoms with Gasteiger partial charge in [0.05, 0.1) is 49.5 Å². The number of amides is 2. The Kier molecular flexibility index (Phi) is 13.5. The summed E-state index contributed by atoms with van der Waals surface area (Å²) < 4.78 is 53.9. The maximum absolute atomic E-state index is 14.4. The molecular formula is C39H50FN6O6P. The van der Waals surface area contributed by atoms with Crippen molar-refractivity contribution in [3.63, 3.8) is 0 Å². The highest BCUT2D eigenvalue weighted by molar-refractivity contribution is 7.48. The minimum Gasteiger partial charge on any atom is -0.457 e. The van der Waals surface area contributed by atoms with Crippen LogP contribution in [0.2, 0.25) is 0 Å². The van der Waals surface area contributed by atoms with Gasteiger partial charge in [0.15, 0.2) is 0 Å². The molecule has 0 saturated heterocycles. The molecule has 5 rings (SSSR count). The van der Waals surface area contributed by atoms with Gasteiger partial charge in [0.2, 0.25) is 0 Å². The topological polar surface area (TPSA) is 131 Å². The van der Waals surface area contributed by atoms with E-state index in [1.165, 1.54) is 18.2 Å². The Morgan fingerprint density at radius 1 is 0.906 bits per heavy atom. The molecule has 2 amide bonds. The first-order valence-electron chi connectivity index (χ1n) is 18.1. The van der Waals surface area contributed by atoms with Gasteiger partial charge in [0, 0.05) is 29.0 Å². The summed E-state index contributed by atoms with van der Waals surface area (Å²) >= 11 is 0. The van der Waals surface area contributed by atoms with E-state index in [2.05, 4.69) is 36.5 Å². The number of ether oxygens (including phenoxy) is 1. The van der Waals surface area contributed by atoms with Gasteiger partial charge < -0.3 is 10.1 Å². The minimum atomic E-state index is -3.69. The fraction of sp³-hybridized carbons (Fsp3) is 0.410. The van der Waals surface area contributed by atoms with Gasteiger partial charge in [0.25, 0.3) is 0 Å². The third-order valence-electron chi connectivity index (χ3n) is 8.35. The highest BCUT2D eigenvalue weighted by Gasteiger charge is 2.26. The van der Waals surface area contributed by atoms with Gasteiger partial charge in [-0.2, -0.15) is 10.2 Å². The summed E-state index contributed by atoms with van der Waals surface area (Å²) in [5.74, 6) is 0.924. The van der Waals surface area contributed by atoms with Crippen LogP contribution in [0.4, 0.5) is 15.0 Å². The van der Waals surface area contributed by atoms with Gasteiger partial charge in [-0.15, -0.1) is 0 Å². The molecule has 0 aliphatic carbocycles. The lowest BCUT2D eigenvalue weighted by Gasteiger charge is -2.18. The number of nitrogens with zero attached hydrogens (tertiary/aromatic N) is 4. The number of aromatic nitrogens is 4. The molecule has 0 spiro atoms. The number of carbonyl (C=O) groups excluding carboxylic acids is 1. The zero-order valence-electron chi connectivity index (χ0n) is 31.4. The van der Waals surface area contributed by atoms with Gasteiger partial charge in [-0.1, -0.05) is 65.2 Å². The normalized spacial score (nSPS) is 12.0. The summed E-state index contributed by atoms with van der Waals surface area (Å²) in [7, 11) is -3.69. The minimum absolute atomic E-state index is 0.00191. The lowest BCUT2D eigenvalue weighted by molar-refractivity contribution is 0.107. The highest BCUT2D eigenvalue weighted by Crippen LogP contribution is 2.49. The summed E-state index contributed by atoms with van der Waals surface area (Å²) in [5, 5.41) is 15.8. The number of aryl methyl sites for hydroxylation is 1. The maximum Gasteiger partial charge on any atom is 0.474 e. The number of phosphoric ester groups is 1. The fourth-order valence-corrected chi connectivity index (χ4v) is 6.50. The number of benzene rings is 3. The molecule has 0 unspecified atom stereocenters. The highest BCUT2D eigenvalue weighted by atomic mass is 31.2. The second-order valence-corrected chi connectivity index (χ2v) is 15.5. The molecule has 14 heteroatoms. The number of hydrogen-bond acceptors (Lipinski definition) is 8. The Hall–Kier alpha value is -4.55. The summed E-state index contributed by atoms with van der Waals surface area (Å²) in [6.07, 6.45) is 5.01. The van der Waals surface area contributed by atoms with Gasteiger partial charge in [0.1, 0.15) is 23.1 Å². The Morgan fingerprint density at radius 3 is 2.28 bits per heavy atom. The molecule has 284 valence electrons. The predicted molar refractivity (Wildman–Crippen MR) is 204 cm³/mol. The van der Waals surface area contributed by atoms with Crippen molar-refractivity contribution in [2.24, 2.45) is 0 Å². The summed E-state index contributed by atoms with van der Waals surface area (Å²) in [4.78, 5) is 13.2. The van der Waals surface area contributed by atoms with Crippen LogP contribution in [0.25, 0.3) is 16.6 Å². The van der Waals surface area contributed by atoms with Crippen LogP contribution in [0.15, 0.2) is 72.9 Å². The average molecular weight is 749 g/mol. The number of unbranched alkanes of at least 4 members (excludes halogenated alkanes) is 2. The lowest BCUT2D eigenvalue weighted by atomic mass is 9.92. The van der Waals surface area contributed by atoms with Crippen LogP contribution in [-0.2, 0) is 36.6 Å². The predicted octanol–water partition coefficient (Wildman–Crippen LogP) is 9.84. The molecule has 0 radical (unpaired) electrons. The second-order valence-electron chi connectivity index (χ2n) is 13.8. The fourth-order valence-electron chi connectivity index (χ4n) is 5.27. The van der Waals surface area contributed by atoms with Crippen LogP contribution in [0.3, 0.4) is 0 Å².